The molecule has 0 fully saturated rings. The fraction of sp³-hybridized carbons (Fsp3) is 0.350. The molecule has 2 aromatic carbocycles. The quantitative estimate of drug-likeness (QED) is 0.486. The molecule has 0 unspecified atom stereocenters. The van der Waals surface area contributed by atoms with Crippen LogP contribution >= 0.6 is 15.9 Å². The Bertz CT molecular complexity index is 813. The molecule has 0 aliphatic carbocycles. The van der Waals surface area contributed by atoms with E-state index in [1.165, 1.54) is 0 Å². The summed E-state index contributed by atoms with van der Waals surface area (Å²) >= 11 is 3.42. The Hall–Kier alpha value is -2.03. The van der Waals surface area contributed by atoms with Crippen LogP contribution in [0, 0.1) is 11.6 Å². The molecule has 0 aliphatic rings. The number of carbonyl (C=O) groups is 1. The number of aliphatic hydroxyl groups is 1. The topological polar surface area (TPSA) is 81.6 Å². The molecule has 5 nitrogen and oxygen atoms in total. The molecular weight excluding hydrogens is 434 g/mol. The lowest BCUT2D eigenvalue weighted by atomic mass is 9.93. The van der Waals surface area contributed by atoms with Gasteiger partial charge in [0.1, 0.15) is 11.6 Å². The van der Waals surface area contributed by atoms with Gasteiger partial charge in [0.2, 0.25) is 0 Å². The minimum atomic E-state index is -1.33. The van der Waals surface area contributed by atoms with E-state index in [4.69, 9.17) is 5.11 Å². The lowest BCUT2D eigenvalue weighted by molar-refractivity contribution is 0.110. The van der Waals surface area contributed by atoms with Gasteiger partial charge in [-0.05, 0) is 55.7 Å². The molecule has 0 spiro atoms. The summed E-state index contributed by atoms with van der Waals surface area (Å²) in [4.78, 5) is 11.1. The summed E-state index contributed by atoms with van der Waals surface area (Å²) in [5.74, 6) is -1.51. The number of amides is 1. The van der Waals surface area contributed by atoms with Crippen molar-refractivity contribution in [1.29, 1.82) is 0 Å². The van der Waals surface area contributed by atoms with Crippen molar-refractivity contribution in [1.82, 2.24) is 10.6 Å². The van der Waals surface area contributed by atoms with Crippen LogP contribution in [0.5, 0.6) is 0 Å². The second-order valence-corrected chi connectivity index (χ2v) is 8.04. The summed E-state index contributed by atoms with van der Waals surface area (Å²) in [6.45, 7) is 3.94. The van der Waals surface area contributed by atoms with Crippen molar-refractivity contribution in [2.45, 2.75) is 38.0 Å². The second kappa shape index (κ2) is 9.45. The van der Waals surface area contributed by atoms with E-state index in [1.807, 2.05) is 38.1 Å². The number of hydrogen-bond acceptors (Lipinski definition) is 3. The molecule has 0 aliphatic heterocycles. The number of nitrogens with one attached hydrogen (secondary N) is 2. The van der Waals surface area contributed by atoms with Gasteiger partial charge in [-0.3, -0.25) is 0 Å². The third-order valence-corrected chi connectivity index (χ3v) is 4.94. The molecule has 0 aromatic heterocycles. The maximum atomic E-state index is 13.4. The minimum Gasteiger partial charge on any atom is -0.465 e. The van der Waals surface area contributed by atoms with Crippen molar-refractivity contribution in [2.75, 3.05) is 6.54 Å². The average Bonchev–Trinajstić information content (AvgIpc) is 2.58. The number of hydrogen-bond donors (Lipinski definition) is 4. The van der Waals surface area contributed by atoms with E-state index in [-0.39, 0.29) is 18.5 Å². The highest BCUT2D eigenvalue weighted by Gasteiger charge is 2.26. The van der Waals surface area contributed by atoms with E-state index in [9.17, 15) is 18.7 Å². The van der Waals surface area contributed by atoms with E-state index in [0.717, 1.165) is 28.2 Å². The number of aliphatic hydroxyl groups excluding tert-OH is 1. The van der Waals surface area contributed by atoms with Crippen molar-refractivity contribution >= 4 is 22.0 Å². The van der Waals surface area contributed by atoms with Crippen molar-refractivity contribution in [3.05, 3.63) is 69.7 Å². The van der Waals surface area contributed by atoms with Crippen LogP contribution in [-0.2, 0) is 12.0 Å². The van der Waals surface area contributed by atoms with Crippen LogP contribution in [0.2, 0.25) is 0 Å². The Balaban J connectivity index is 2.09. The number of halogens is 3. The van der Waals surface area contributed by atoms with Crippen molar-refractivity contribution in [2.24, 2.45) is 0 Å². The molecule has 4 N–H and O–H groups in total. The molecule has 1 amide bonds. The van der Waals surface area contributed by atoms with Crippen LogP contribution in [0.4, 0.5) is 13.6 Å². The highest BCUT2D eigenvalue weighted by atomic mass is 79.9. The van der Waals surface area contributed by atoms with Crippen LogP contribution in [0.15, 0.2) is 46.9 Å². The zero-order valence-electron chi connectivity index (χ0n) is 15.5. The molecule has 0 saturated carbocycles. The predicted molar refractivity (Wildman–Crippen MR) is 106 cm³/mol. The van der Waals surface area contributed by atoms with Crippen molar-refractivity contribution in [3.8, 4) is 0 Å². The molecule has 0 bridgehead atoms. The van der Waals surface area contributed by atoms with E-state index in [0.29, 0.717) is 0 Å². The molecule has 28 heavy (non-hydrogen) atoms. The van der Waals surface area contributed by atoms with Gasteiger partial charge >= 0.3 is 6.09 Å². The molecule has 0 radical (unpaired) electrons. The number of carboxylic acid groups (broad SMARTS) is 1. The van der Waals surface area contributed by atoms with Crippen LogP contribution in [0.25, 0.3) is 0 Å². The normalized spacial score (nSPS) is 13.8. The Morgan fingerprint density at radius 2 is 1.82 bits per heavy atom. The minimum absolute atomic E-state index is 0.0544. The average molecular weight is 457 g/mol. The van der Waals surface area contributed by atoms with E-state index < -0.39 is 35.4 Å². The Kier molecular flexibility index (Phi) is 7.51. The van der Waals surface area contributed by atoms with Crippen LogP contribution < -0.4 is 10.6 Å². The first-order chi connectivity index (χ1) is 13.1. The standard InChI is InChI=1S/C20H23BrF2N2O3/c1-20(2,13-4-3-5-14(21)9-13)24-11-18(26)17(25-19(27)28)8-12-6-15(22)10-16(23)7-12/h3-7,9-10,17-18,24-26H,8,11H2,1-2H3,(H,27,28)/t17-,18-/m0/s1. The van der Waals surface area contributed by atoms with Gasteiger partial charge in [0.15, 0.2) is 0 Å². The largest absolute Gasteiger partial charge is 0.465 e. The summed E-state index contributed by atoms with van der Waals surface area (Å²) in [6.07, 6.45) is -2.50. The molecule has 8 heteroatoms. The smallest absolute Gasteiger partial charge is 0.404 e. The van der Waals surface area contributed by atoms with Crippen LogP contribution in [0.1, 0.15) is 25.0 Å². The van der Waals surface area contributed by atoms with E-state index in [2.05, 4.69) is 26.6 Å². The third-order valence-electron chi connectivity index (χ3n) is 4.45. The fourth-order valence-electron chi connectivity index (χ4n) is 2.91. The van der Waals surface area contributed by atoms with Gasteiger partial charge in [0, 0.05) is 22.6 Å². The Morgan fingerprint density at radius 1 is 1.18 bits per heavy atom. The second-order valence-electron chi connectivity index (χ2n) is 7.12. The number of rotatable bonds is 8. The van der Waals surface area contributed by atoms with Gasteiger partial charge in [-0.15, -0.1) is 0 Å². The van der Waals surface area contributed by atoms with Gasteiger partial charge in [-0.1, -0.05) is 28.1 Å². The zero-order chi connectivity index (χ0) is 20.9. The zero-order valence-corrected chi connectivity index (χ0v) is 17.1. The van der Waals surface area contributed by atoms with Crippen molar-refractivity contribution in [3.63, 3.8) is 0 Å². The molecule has 152 valence electrons. The van der Waals surface area contributed by atoms with Crippen LogP contribution in [0.3, 0.4) is 0 Å². The Morgan fingerprint density at radius 3 is 2.39 bits per heavy atom. The summed E-state index contributed by atoms with van der Waals surface area (Å²) in [7, 11) is 0. The van der Waals surface area contributed by atoms with E-state index >= 15 is 0 Å². The first-order valence-electron chi connectivity index (χ1n) is 8.70. The summed E-state index contributed by atoms with van der Waals surface area (Å²) in [5, 5.41) is 25.0. The van der Waals surface area contributed by atoms with Gasteiger partial charge in [-0.25, -0.2) is 13.6 Å². The summed E-state index contributed by atoms with van der Waals surface area (Å²) in [6, 6.07) is 9.71. The maximum Gasteiger partial charge on any atom is 0.404 e. The highest BCUT2D eigenvalue weighted by molar-refractivity contribution is 9.10. The SMILES string of the molecule is CC(C)(NC[C@H](O)[C@H](Cc1cc(F)cc(F)c1)NC(=O)O)c1cccc(Br)c1. The maximum absolute atomic E-state index is 13.4. The van der Waals surface area contributed by atoms with Gasteiger partial charge < -0.3 is 20.8 Å². The molecular formula is C20H23BrF2N2O3. The molecule has 2 rings (SSSR count). The lowest BCUT2D eigenvalue weighted by Gasteiger charge is -2.31. The molecule has 0 heterocycles. The highest BCUT2D eigenvalue weighted by Crippen LogP contribution is 2.23. The molecule has 2 atom stereocenters. The van der Waals surface area contributed by atoms with Crippen LogP contribution in [-0.4, -0.2) is 35.0 Å². The third kappa shape index (κ3) is 6.54. The lowest BCUT2D eigenvalue weighted by Crippen LogP contribution is -2.51. The van der Waals surface area contributed by atoms with E-state index in [1.54, 1.807) is 0 Å². The predicted octanol–water partition coefficient (Wildman–Crippen LogP) is 3.79. The van der Waals surface area contributed by atoms with Gasteiger partial charge in [-0.2, -0.15) is 0 Å². The molecule has 0 saturated heterocycles. The first kappa shape index (κ1) is 22.3. The van der Waals surface area contributed by atoms with Gasteiger partial charge in [0.25, 0.3) is 0 Å². The first-order valence-corrected chi connectivity index (χ1v) is 9.49. The monoisotopic (exact) mass is 456 g/mol. The summed E-state index contributed by atoms with van der Waals surface area (Å²) < 4.78 is 27.7. The summed E-state index contributed by atoms with van der Waals surface area (Å²) in [5.41, 5.74) is 0.731. The fourth-order valence-corrected chi connectivity index (χ4v) is 3.31. The molecule has 2 aromatic rings. The van der Waals surface area contributed by atoms with Crippen molar-refractivity contribution < 1.29 is 23.8 Å². The Labute approximate surface area is 170 Å². The number of benzene rings is 2. The van der Waals surface area contributed by atoms with Gasteiger partial charge in [0.05, 0.1) is 12.1 Å².